The summed E-state index contributed by atoms with van der Waals surface area (Å²) in [6.07, 6.45) is 1.81. The van der Waals surface area contributed by atoms with E-state index in [1.54, 1.807) is 0 Å². The Morgan fingerprint density at radius 3 is 2.15 bits per heavy atom. The van der Waals surface area contributed by atoms with Crippen molar-refractivity contribution < 1.29 is 14.7 Å². The summed E-state index contributed by atoms with van der Waals surface area (Å²) >= 11 is 0. The minimum Gasteiger partial charge on any atom is -0.465 e. The molecule has 2 amide bonds. The minimum atomic E-state index is -0.998. The zero-order chi connectivity index (χ0) is 9.84. The third-order valence-electron chi connectivity index (χ3n) is 2.46. The summed E-state index contributed by atoms with van der Waals surface area (Å²) in [5.74, 6) is -0.333. The van der Waals surface area contributed by atoms with Crippen LogP contribution < -0.4 is 11.1 Å². The van der Waals surface area contributed by atoms with Crippen molar-refractivity contribution in [1.82, 2.24) is 5.32 Å². The zero-order valence-electron chi connectivity index (χ0n) is 7.32. The fourth-order valence-electron chi connectivity index (χ4n) is 1.70. The smallest absolute Gasteiger partial charge is 0.404 e. The van der Waals surface area contributed by atoms with E-state index < -0.39 is 6.09 Å². The molecule has 0 radical (unpaired) electrons. The first kappa shape index (κ1) is 9.83. The number of carboxylic acid groups (broad SMARTS) is 1. The predicted molar refractivity (Wildman–Crippen MR) is 46.1 cm³/mol. The standard InChI is InChI=1S/C8H14N2O3/c9-7(11)5-1-3-6(4-2-5)10-8(12)13/h5-6,10H,1-4H2,(H2,9,11)(H,12,13). The van der Waals surface area contributed by atoms with Crippen LogP contribution in [0.2, 0.25) is 0 Å². The fraction of sp³-hybridized carbons (Fsp3) is 0.750. The van der Waals surface area contributed by atoms with Crippen LogP contribution in [0.5, 0.6) is 0 Å². The maximum absolute atomic E-state index is 10.8. The van der Waals surface area contributed by atoms with Crippen molar-refractivity contribution in [3.8, 4) is 0 Å². The molecular formula is C8H14N2O3. The van der Waals surface area contributed by atoms with E-state index in [0.29, 0.717) is 25.7 Å². The topological polar surface area (TPSA) is 92.4 Å². The molecule has 1 fully saturated rings. The monoisotopic (exact) mass is 186 g/mol. The first-order chi connectivity index (χ1) is 6.09. The number of carbonyl (C=O) groups excluding carboxylic acids is 1. The van der Waals surface area contributed by atoms with Crippen molar-refractivity contribution >= 4 is 12.0 Å². The van der Waals surface area contributed by atoms with E-state index >= 15 is 0 Å². The molecule has 0 aromatic carbocycles. The molecule has 0 aliphatic heterocycles. The molecule has 5 heteroatoms. The Balaban J connectivity index is 2.30. The Kier molecular flexibility index (Phi) is 3.11. The van der Waals surface area contributed by atoms with Crippen molar-refractivity contribution in [1.29, 1.82) is 0 Å². The van der Waals surface area contributed by atoms with Crippen LogP contribution in [0.4, 0.5) is 4.79 Å². The molecule has 1 aliphatic rings. The maximum atomic E-state index is 10.8. The molecule has 0 bridgehead atoms. The predicted octanol–water partition coefficient (Wildman–Crippen LogP) is 0.298. The van der Waals surface area contributed by atoms with Gasteiger partial charge in [0.15, 0.2) is 0 Å². The molecule has 0 aromatic heterocycles. The molecule has 1 rings (SSSR count). The van der Waals surface area contributed by atoms with Crippen molar-refractivity contribution in [3.05, 3.63) is 0 Å². The lowest BCUT2D eigenvalue weighted by molar-refractivity contribution is -0.122. The Hall–Kier alpha value is -1.26. The summed E-state index contributed by atoms with van der Waals surface area (Å²) in [7, 11) is 0. The molecular weight excluding hydrogens is 172 g/mol. The number of primary amides is 1. The van der Waals surface area contributed by atoms with Crippen LogP contribution in [-0.2, 0) is 4.79 Å². The van der Waals surface area contributed by atoms with E-state index in [4.69, 9.17) is 10.8 Å². The molecule has 1 aliphatic carbocycles. The molecule has 4 N–H and O–H groups in total. The number of nitrogens with two attached hydrogens (primary N) is 1. The van der Waals surface area contributed by atoms with Crippen LogP contribution in [0.3, 0.4) is 0 Å². The molecule has 0 heterocycles. The summed E-state index contributed by atoms with van der Waals surface area (Å²) in [5, 5.41) is 10.8. The SMILES string of the molecule is NC(=O)C1CCC(NC(=O)O)CC1. The second kappa shape index (κ2) is 4.11. The van der Waals surface area contributed by atoms with Gasteiger partial charge in [-0.2, -0.15) is 0 Å². The Bertz CT molecular complexity index is 209. The average molecular weight is 186 g/mol. The molecule has 74 valence electrons. The molecule has 1 saturated carbocycles. The quantitative estimate of drug-likeness (QED) is 0.579. The van der Waals surface area contributed by atoms with Crippen molar-refractivity contribution in [2.45, 2.75) is 31.7 Å². The van der Waals surface area contributed by atoms with Crippen LogP contribution in [0, 0.1) is 5.92 Å². The molecule has 13 heavy (non-hydrogen) atoms. The maximum Gasteiger partial charge on any atom is 0.404 e. The van der Waals surface area contributed by atoms with Crippen LogP contribution in [0.1, 0.15) is 25.7 Å². The first-order valence-corrected chi connectivity index (χ1v) is 4.38. The summed E-state index contributed by atoms with van der Waals surface area (Å²) < 4.78 is 0. The summed E-state index contributed by atoms with van der Waals surface area (Å²) in [6, 6.07) is -0.00639. The number of rotatable bonds is 2. The van der Waals surface area contributed by atoms with Crippen molar-refractivity contribution in [2.75, 3.05) is 0 Å². The molecule has 0 unspecified atom stereocenters. The number of amides is 2. The Morgan fingerprint density at radius 1 is 1.23 bits per heavy atom. The third kappa shape index (κ3) is 2.93. The van der Waals surface area contributed by atoms with Gasteiger partial charge in [0.05, 0.1) is 0 Å². The van der Waals surface area contributed by atoms with E-state index in [1.807, 2.05) is 0 Å². The Labute approximate surface area is 76.3 Å². The second-order valence-corrected chi connectivity index (χ2v) is 3.40. The van der Waals surface area contributed by atoms with Crippen LogP contribution in [0.15, 0.2) is 0 Å². The average Bonchev–Trinajstić information content (AvgIpc) is 2.04. The first-order valence-electron chi connectivity index (χ1n) is 4.38. The lowest BCUT2D eigenvalue weighted by Gasteiger charge is -2.26. The fourth-order valence-corrected chi connectivity index (χ4v) is 1.70. The number of carbonyl (C=O) groups is 2. The van der Waals surface area contributed by atoms with Gasteiger partial charge in [-0.05, 0) is 25.7 Å². The second-order valence-electron chi connectivity index (χ2n) is 3.40. The van der Waals surface area contributed by atoms with E-state index in [2.05, 4.69) is 5.32 Å². The highest BCUT2D eigenvalue weighted by atomic mass is 16.4. The van der Waals surface area contributed by atoms with Crippen LogP contribution >= 0.6 is 0 Å². The largest absolute Gasteiger partial charge is 0.465 e. The van der Waals surface area contributed by atoms with E-state index in [9.17, 15) is 9.59 Å². The van der Waals surface area contributed by atoms with Gasteiger partial charge in [0.2, 0.25) is 5.91 Å². The highest BCUT2D eigenvalue weighted by Crippen LogP contribution is 2.23. The Morgan fingerprint density at radius 2 is 1.77 bits per heavy atom. The van der Waals surface area contributed by atoms with E-state index in [0.717, 1.165) is 0 Å². The summed E-state index contributed by atoms with van der Waals surface area (Å²) in [4.78, 5) is 21.0. The normalized spacial score (nSPS) is 28.0. The molecule has 0 spiro atoms. The van der Waals surface area contributed by atoms with Gasteiger partial charge < -0.3 is 16.2 Å². The van der Waals surface area contributed by atoms with Gasteiger partial charge >= 0.3 is 6.09 Å². The van der Waals surface area contributed by atoms with Gasteiger partial charge in [-0.3, -0.25) is 4.79 Å². The van der Waals surface area contributed by atoms with Gasteiger partial charge in [-0.15, -0.1) is 0 Å². The van der Waals surface area contributed by atoms with Gasteiger partial charge in [0.25, 0.3) is 0 Å². The molecule has 0 atom stereocenters. The van der Waals surface area contributed by atoms with Gasteiger partial charge in [0.1, 0.15) is 0 Å². The van der Waals surface area contributed by atoms with Crippen LogP contribution in [0.25, 0.3) is 0 Å². The van der Waals surface area contributed by atoms with E-state index in [-0.39, 0.29) is 17.9 Å². The number of hydrogen-bond acceptors (Lipinski definition) is 2. The summed E-state index contributed by atoms with van der Waals surface area (Å²) in [6.45, 7) is 0. The van der Waals surface area contributed by atoms with E-state index in [1.165, 1.54) is 0 Å². The lowest BCUT2D eigenvalue weighted by Crippen LogP contribution is -2.39. The van der Waals surface area contributed by atoms with Crippen molar-refractivity contribution in [3.63, 3.8) is 0 Å². The minimum absolute atomic E-state index is 0.00639. The van der Waals surface area contributed by atoms with Gasteiger partial charge in [-0.1, -0.05) is 0 Å². The highest BCUT2D eigenvalue weighted by Gasteiger charge is 2.25. The van der Waals surface area contributed by atoms with Gasteiger partial charge in [0, 0.05) is 12.0 Å². The van der Waals surface area contributed by atoms with Crippen molar-refractivity contribution in [2.24, 2.45) is 11.7 Å². The van der Waals surface area contributed by atoms with Crippen LogP contribution in [-0.4, -0.2) is 23.1 Å². The highest BCUT2D eigenvalue weighted by molar-refractivity contribution is 5.76. The lowest BCUT2D eigenvalue weighted by atomic mass is 9.86. The summed E-state index contributed by atoms with van der Waals surface area (Å²) in [5.41, 5.74) is 5.14. The number of hydrogen-bond donors (Lipinski definition) is 3. The van der Waals surface area contributed by atoms with Gasteiger partial charge in [-0.25, -0.2) is 4.79 Å². The molecule has 0 saturated heterocycles. The third-order valence-corrected chi connectivity index (χ3v) is 2.46. The molecule has 0 aromatic rings. The number of nitrogens with one attached hydrogen (secondary N) is 1. The molecule has 5 nitrogen and oxygen atoms in total. The zero-order valence-corrected chi connectivity index (χ0v) is 7.32.